The van der Waals surface area contributed by atoms with Crippen molar-refractivity contribution in [3.63, 3.8) is 0 Å². The summed E-state index contributed by atoms with van der Waals surface area (Å²) in [6, 6.07) is 2.83. The Kier molecular flexibility index (Phi) is 2.37. The molecule has 2 aliphatic rings. The van der Waals surface area contributed by atoms with Gasteiger partial charge in [-0.15, -0.1) is 11.3 Å². The summed E-state index contributed by atoms with van der Waals surface area (Å²) in [5.74, 6) is 1.70. The van der Waals surface area contributed by atoms with Crippen LogP contribution in [0.3, 0.4) is 0 Å². The number of nitrogens with zero attached hydrogens (tertiary/aromatic N) is 2. The first-order chi connectivity index (χ1) is 8.84. The first kappa shape index (κ1) is 10.8. The average molecular weight is 258 g/mol. The maximum Gasteiger partial charge on any atom is 0.0957 e. The van der Waals surface area contributed by atoms with Crippen molar-refractivity contribution in [2.75, 3.05) is 0 Å². The Morgan fingerprint density at radius 2 is 2.33 bits per heavy atom. The van der Waals surface area contributed by atoms with E-state index in [-0.39, 0.29) is 0 Å². The Morgan fingerprint density at radius 1 is 1.39 bits per heavy atom. The molecule has 3 heterocycles. The van der Waals surface area contributed by atoms with Crippen molar-refractivity contribution in [1.29, 1.82) is 0 Å². The summed E-state index contributed by atoms with van der Waals surface area (Å²) in [4.78, 5) is 5.93. The van der Waals surface area contributed by atoms with Crippen molar-refractivity contribution >= 4 is 11.3 Å². The maximum atomic E-state index is 4.35. The second-order valence-electron chi connectivity index (χ2n) is 5.86. The molecule has 0 saturated heterocycles. The molecule has 3 atom stereocenters. The van der Waals surface area contributed by atoms with Crippen LogP contribution in [-0.4, -0.2) is 9.55 Å². The predicted molar refractivity (Wildman–Crippen MR) is 74.8 cm³/mol. The van der Waals surface area contributed by atoms with E-state index >= 15 is 0 Å². The Hall–Kier alpha value is -1.09. The van der Waals surface area contributed by atoms with Crippen LogP contribution in [0.15, 0.2) is 24.0 Å². The molecule has 0 aromatic carbocycles. The van der Waals surface area contributed by atoms with E-state index in [2.05, 4.69) is 27.9 Å². The van der Waals surface area contributed by atoms with E-state index in [0.29, 0.717) is 6.04 Å². The maximum absolute atomic E-state index is 4.35. The van der Waals surface area contributed by atoms with Crippen molar-refractivity contribution in [2.24, 2.45) is 11.8 Å². The molecule has 1 aliphatic heterocycles. The van der Waals surface area contributed by atoms with E-state index in [4.69, 9.17) is 0 Å². The first-order valence-corrected chi connectivity index (χ1v) is 7.82. The van der Waals surface area contributed by atoms with Crippen LogP contribution >= 0.6 is 11.3 Å². The van der Waals surface area contributed by atoms with Crippen LogP contribution in [-0.2, 0) is 0 Å². The molecule has 1 saturated carbocycles. The van der Waals surface area contributed by atoms with Gasteiger partial charge >= 0.3 is 0 Å². The van der Waals surface area contributed by atoms with Gasteiger partial charge in [0.25, 0.3) is 0 Å². The van der Waals surface area contributed by atoms with Crippen LogP contribution < -0.4 is 0 Å². The molecular formula is C15H18N2S. The summed E-state index contributed by atoms with van der Waals surface area (Å²) >= 11 is 1.93. The third-order valence-corrected chi connectivity index (χ3v) is 5.62. The Labute approximate surface area is 112 Å². The summed E-state index contributed by atoms with van der Waals surface area (Å²) < 4.78 is 2.42. The van der Waals surface area contributed by atoms with Crippen molar-refractivity contribution in [2.45, 2.75) is 38.6 Å². The molecule has 2 aromatic rings. The van der Waals surface area contributed by atoms with Gasteiger partial charge in [-0.2, -0.15) is 0 Å². The highest BCUT2D eigenvalue weighted by Gasteiger charge is 2.36. The molecule has 18 heavy (non-hydrogen) atoms. The number of hydrogen-bond acceptors (Lipinski definition) is 2. The standard InChI is InChI=1S/C15H18N2S/c1-10-3-2-4-11(7-10)14-15-12(5-6-18-15)13-8-16-9-17(13)14/h5-6,8-11,14H,2-4,7H2,1H3/t10-,11?,14-/m0/s1. The minimum Gasteiger partial charge on any atom is -0.322 e. The number of hydrogen-bond donors (Lipinski definition) is 0. The molecular weight excluding hydrogens is 240 g/mol. The fraction of sp³-hybridized carbons (Fsp3) is 0.533. The fourth-order valence-electron chi connectivity index (χ4n) is 3.83. The minimum absolute atomic E-state index is 0.570. The zero-order valence-electron chi connectivity index (χ0n) is 10.7. The number of aromatic nitrogens is 2. The molecule has 1 unspecified atom stereocenters. The van der Waals surface area contributed by atoms with Gasteiger partial charge in [-0.25, -0.2) is 4.98 Å². The van der Waals surface area contributed by atoms with Gasteiger partial charge in [0.2, 0.25) is 0 Å². The molecule has 3 heteroatoms. The fourth-order valence-corrected chi connectivity index (χ4v) is 4.93. The summed E-state index contributed by atoms with van der Waals surface area (Å²) in [6.07, 6.45) is 9.62. The molecule has 94 valence electrons. The summed E-state index contributed by atoms with van der Waals surface area (Å²) in [5.41, 5.74) is 2.76. The third kappa shape index (κ3) is 1.43. The number of rotatable bonds is 1. The molecule has 4 rings (SSSR count). The van der Waals surface area contributed by atoms with Crippen molar-refractivity contribution < 1.29 is 0 Å². The van der Waals surface area contributed by atoms with E-state index in [1.165, 1.54) is 36.9 Å². The molecule has 0 bridgehead atoms. The summed E-state index contributed by atoms with van der Waals surface area (Å²) in [7, 11) is 0. The van der Waals surface area contributed by atoms with Gasteiger partial charge in [-0.3, -0.25) is 0 Å². The lowest BCUT2D eigenvalue weighted by atomic mass is 9.78. The van der Waals surface area contributed by atoms with Gasteiger partial charge in [0.15, 0.2) is 0 Å². The third-order valence-electron chi connectivity index (χ3n) is 4.63. The smallest absolute Gasteiger partial charge is 0.0957 e. The highest BCUT2D eigenvalue weighted by molar-refractivity contribution is 7.10. The van der Waals surface area contributed by atoms with E-state index in [0.717, 1.165) is 11.8 Å². The average Bonchev–Trinajstić information content (AvgIpc) is 2.99. The van der Waals surface area contributed by atoms with E-state index in [9.17, 15) is 0 Å². The quantitative estimate of drug-likeness (QED) is 0.744. The van der Waals surface area contributed by atoms with Crippen molar-refractivity contribution in [1.82, 2.24) is 9.55 Å². The second kappa shape index (κ2) is 3.95. The first-order valence-electron chi connectivity index (χ1n) is 6.94. The predicted octanol–water partition coefficient (Wildman–Crippen LogP) is 4.34. The van der Waals surface area contributed by atoms with E-state index in [1.807, 2.05) is 23.9 Å². The molecule has 1 fully saturated rings. The van der Waals surface area contributed by atoms with Crippen LogP contribution in [0.2, 0.25) is 0 Å². The lowest BCUT2D eigenvalue weighted by Crippen LogP contribution is -2.22. The molecule has 0 N–H and O–H groups in total. The zero-order valence-corrected chi connectivity index (χ0v) is 11.5. The highest BCUT2D eigenvalue weighted by Crippen LogP contribution is 2.49. The van der Waals surface area contributed by atoms with Gasteiger partial charge < -0.3 is 4.57 Å². The lowest BCUT2D eigenvalue weighted by Gasteiger charge is -2.32. The van der Waals surface area contributed by atoms with Crippen LogP contribution in [0.25, 0.3) is 11.3 Å². The summed E-state index contributed by atoms with van der Waals surface area (Å²) in [5, 5.41) is 2.24. The van der Waals surface area contributed by atoms with Crippen LogP contribution in [0, 0.1) is 11.8 Å². The molecule has 0 radical (unpaired) electrons. The molecule has 1 aliphatic carbocycles. The zero-order chi connectivity index (χ0) is 12.1. The second-order valence-corrected chi connectivity index (χ2v) is 6.81. The lowest BCUT2D eigenvalue weighted by molar-refractivity contribution is 0.234. The molecule has 2 nitrogen and oxygen atoms in total. The summed E-state index contributed by atoms with van der Waals surface area (Å²) in [6.45, 7) is 2.41. The van der Waals surface area contributed by atoms with Crippen LogP contribution in [0.4, 0.5) is 0 Å². The normalized spacial score (nSPS) is 30.2. The highest BCUT2D eigenvalue weighted by atomic mass is 32.1. The SMILES string of the molecule is C[C@H]1CCCC([C@H]2c3sccc3-c3cncn32)C1. The Balaban J connectivity index is 1.77. The minimum atomic E-state index is 0.570. The molecule has 0 spiro atoms. The number of imidazole rings is 1. The van der Waals surface area contributed by atoms with Gasteiger partial charge in [0, 0.05) is 10.4 Å². The van der Waals surface area contributed by atoms with Crippen LogP contribution in [0.5, 0.6) is 0 Å². The van der Waals surface area contributed by atoms with Crippen molar-refractivity contribution in [3.05, 3.63) is 28.8 Å². The van der Waals surface area contributed by atoms with E-state index in [1.54, 1.807) is 4.88 Å². The van der Waals surface area contributed by atoms with Gasteiger partial charge in [0.1, 0.15) is 0 Å². The van der Waals surface area contributed by atoms with E-state index < -0.39 is 0 Å². The number of thiophene rings is 1. The van der Waals surface area contributed by atoms with Crippen molar-refractivity contribution in [3.8, 4) is 11.3 Å². The molecule has 0 amide bonds. The van der Waals surface area contributed by atoms with Gasteiger partial charge in [0.05, 0.1) is 24.3 Å². The number of fused-ring (bicyclic) bond motifs is 3. The Bertz CT molecular complexity index is 528. The monoisotopic (exact) mass is 258 g/mol. The van der Waals surface area contributed by atoms with Crippen LogP contribution in [0.1, 0.15) is 43.5 Å². The largest absolute Gasteiger partial charge is 0.322 e. The van der Waals surface area contributed by atoms with Gasteiger partial charge in [-0.05, 0) is 36.1 Å². The Morgan fingerprint density at radius 3 is 3.22 bits per heavy atom. The molecule has 2 aromatic heterocycles. The topological polar surface area (TPSA) is 17.8 Å². The van der Waals surface area contributed by atoms with Gasteiger partial charge in [-0.1, -0.05) is 19.8 Å².